The Kier molecular flexibility index (Phi) is 4.90. The molecule has 0 unspecified atom stereocenters. The van der Waals surface area contributed by atoms with E-state index >= 15 is 0 Å². The smallest absolute Gasteiger partial charge is 0.259 e. The molecule has 0 fully saturated rings. The largest absolute Gasteiger partial charge is 0.481 e. The first kappa shape index (κ1) is 16.9. The molecule has 1 amide bonds. The van der Waals surface area contributed by atoms with Crippen molar-refractivity contribution in [2.24, 2.45) is 5.92 Å². The zero-order valence-corrected chi connectivity index (χ0v) is 14.5. The standard InChI is InChI=1S/C22H21NO2/c1-4-13-25-18-11-9-17(10-12-18)14-20-19-7-5-6-8-21(19)23(22(20)24)15-16(2)3/h1,5-12,14,16H,13,15H2,2-3H3/b20-14-. The van der Waals surface area contributed by atoms with E-state index < -0.39 is 0 Å². The topological polar surface area (TPSA) is 29.5 Å². The van der Waals surface area contributed by atoms with Crippen molar-refractivity contribution in [1.29, 1.82) is 0 Å². The molecule has 1 aliphatic rings. The molecule has 1 heterocycles. The van der Waals surface area contributed by atoms with Crippen LogP contribution in [0.5, 0.6) is 5.75 Å². The Labute approximate surface area is 148 Å². The molecule has 0 saturated heterocycles. The van der Waals surface area contributed by atoms with Crippen LogP contribution in [0.4, 0.5) is 5.69 Å². The van der Waals surface area contributed by atoms with Crippen LogP contribution in [0.15, 0.2) is 48.5 Å². The zero-order chi connectivity index (χ0) is 17.8. The van der Waals surface area contributed by atoms with Gasteiger partial charge in [-0.25, -0.2) is 0 Å². The van der Waals surface area contributed by atoms with Crippen molar-refractivity contribution in [2.45, 2.75) is 13.8 Å². The van der Waals surface area contributed by atoms with Crippen molar-refractivity contribution in [3.63, 3.8) is 0 Å². The van der Waals surface area contributed by atoms with Crippen LogP contribution in [0.2, 0.25) is 0 Å². The van der Waals surface area contributed by atoms with Gasteiger partial charge in [0.05, 0.1) is 5.69 Å². The first-order chi connectivity index (χ1) is 12.1. The Morgan fingerprint density at radius 1 is 1.16 bits per heavy atom. The molecule has 0 N–H and O–H groups in total. The molecule has 0 radical (unpaired) electrons. The summed E-state index contributed by atoms with van der Waals surface area (Å²) >= 11 is 0. The Morgan fingerprint density at radius 3 is 2.56 bits per heavy atom. The second-order valence-corrected chi connectivity index (χ2v) is 6.45. The molecule has 0 atom stereocenters. The average molecular weight is 331 g/mol. The molecule has 3 heteroatoms. The number of hydrogen-bond donors (Lipinski definition) is 0. The van der Waals surface area contributed by atoms with Gasteiger partial charge in [0.25, 0.3) is 5.91 Å². The molecule has 0 spiro atoms. The molecule has 25 heavy (non-hydrogen) atoms. The molecule has 0 bridgehead atoms. The maximum Gasteiger partial charge on any atom is 0.259 e. The fourth-order valence-corrected chi connectivity index (χ4v) is 2.94. The van der Waals surface area contributed by atoms with E-state index in [9.17, 15) is 4.79 Å². The summed E-state index contributed by atoms with van der Waals surface area (Å²) in [5.74, 6) is 3.63. The average Bonchev–Trinajstić information content (AvgIpc) is 2.87. The number of carbonyl (C=O) groups is 1. The lowest BCUT2D eigenvalue weighted by Crippen LogP contribution is -2.30. The third kappa shape index (κ3) is 3.59. The molecule has 2 aromatic carbocycles. The van der Waals surface area contributed by atoms with Crippen molar-refractivity contribution in [2.75, 3.05) is 18.1 Å². The maximum atomic E-state index is 12.9. The Hall–Kier alpha value is -2.99. The van der Waals surface area contributed by atoms with Gasteiger partial charge in [0.15, 0.2) is 0 Å². The van der Waals surface area contributed by atoms with Gasteiger partial charge in [-0.3, -0.25) is 4.79 Å². The minimum absolute atomic E-state index is 0.0579. The fraction of sp³-hybridized carbons (Fsp3) is 0.227. The summed E-state index contributed by atoms with van der Waals surface area (Å²) in [6.45, 7) is 5.20. The minimum Gasteiger partial charge on any atom is -0.481 e. The van der Waals surface area contributed by atoms with Gasteiger partial charge in [0, 0.05) is 17.7 Å². The second-order valence-electron chi connectivity index (χ2n) is 6.45. The van der Waals surface area contributed by atoms with E-state index in [4.69, 9.17) is 11.2 Å². The van der Waals surface area contributed by atoms with Crippen LogP contribution >= 0.6 is 0 Å². The molecule has 1 aliphatic heterocycles. The van der Waals surface area contributed by atoms with Gasteiger partial charge in [-0.1, -0.05) is 50.1 Å². The molecule has 0 aromatic heterocycles. The van der Waals surface area contributed by atoms with Crippen LogP contribution in [0, 0.1) is 18.3 Å². The zero-order valence-electron chi connectivity index (χ0n) is 14.5. The number of amides is 1. The summed E-state index contributed by atoms with van der Waals surface area (Å²) in [6, 6.07) is 15.5. The highest BCUT2D eigenvalue weighted by molar-refractivity contribution is 6.35. The Balaban J connectivity index is 1.92. The molecule has 126 valence electrons. The molecular weight excluding hydrogens is 310 g/mol. The third-order valence-corrected chi connectivity index (χ3v) is 4.02. The predicted octanol–water partition coefficient (Wildman–Crippen LogP) is 4.24. The van der Waals surface area contributed by atoms with Gasteiger partial charge in [-0.2, -0.15) is 0 Å². The lowest BCUT2D eigenvalue weighted by molar-refractivity contribution is -0.113. The molecule has 0 aliphatic carbocycles. The van der Waals surface area contributed by atoms with E-state index in [0.717, 1.165) is 28.1 Å². The van der Waals surface area contributed by atoms with Gasteiger partial charge in [0.1, 0.15) is 12.4 Å². The predicted molar refractivity (Wildman–Crippen MR) is 102 cm³/mol. The number of anilines is 1. The van der Waals surface area contributed by atoms with Gasteiger partial charge in [-0.05, 0) is 35.8 Å². The van der Waals surface area contributed by atoms with Crippen molar-refractivity contribution < 1.29 is 9.53 Å². The van der Waals surface area contributed by atoms with Crippen LogP contribution in [0.3, 0.4) is 0 Å². The van der Waals surface area contributed by atoms with Crippen molar-refractivity contribution in [3.05, 3.63) is 59.7 Å². The SMILES string of the molecule is C#CCOc1ccc(/C=C2\C(=O)N(CC(C)C)c3ccccc32)cc1. The molecular formula is C22H21NO2. The van der Waals surface area contributed by atoms with E-state index in [2.05, 4.69) is 19.8 Å². The van der Waals surface area contributed by atoms with Gasteiger partial charge < -0.3 is 9.64 Å². The number of nitrogens with zero attached hydrogens (tertiary/aromatic N) is 1. The van der Waals surface area contributed by atoms with E-state index in [0.29, 0.717) is 12.5 Å². The number of hydrogen-bond acceptors (Lipinski definition) is 2. The van der Waals surface area contributed by atoms with Crippen molar-refractivity contribution in [1.82, 2.24) is 0 Å². The summed E-state index contributed by atoms with van der Waals surface area (Å²) in [5, 5.41) is 0. The molecule has 0 saturated carbocycles. The van der Waals surface area contributed by atoms with Crippen molar-refractivity contribution >= 4 is 23.2 Å². The van der Waals surface area contributed by atoms with Crippen LogP contribution in [0.1, 0.15) is 25.0 Å². The summed E-state index contributed by atoms with van der Waals surface area (Å²) < 4.78 is 5.39. The number of carbonyl (C=O) groups excluding carboxylic acids is 1. The molecule has 3 rings (SSSR count). The highest BCUT2D eigenvalue weighted by Crippen LogP contribution is 2.38. The lowest BCUT2D eigenvalue weighted by atomic mass is 10.0. The van der Waals surface area contributed by atoms with Crippen molar-refractivity contribution in [3.8, 4) is 18.1 Å². The van der Waals surface area contributed by atoms with E-state index in [1.54, 1.807) is 0 Å². The quantitative estimate of drug-likeness (QED) is 0.606. The number of terminal acetylenes is 1. The monoisotopic (exact) mass is 331 g/mol. The lowest BCUT2D eigenvalue weighted by Gasteiger charge is -2.19. The number of para-hydroxylation sites is 1. The molecule has 3 nitrogen and oxygen atoms in total. The molecule has 2 aromatic rings. The highest BCUT2D eigenvalue weighted by atomic mass is 16.5. The van der Waals surface area contributed by atoms with E-state index in [-0.39, 0.29) is 12.5 Å². The fourth-order valence-electron chi connectivity index (χ4n) is 2.94. The Morgan fingerprint density at radius 2 is 1.88 bits per heavy atom. The number of rotatable bonds is 5. The summed E-state index contributed by atoms with van der Waals surface area (Å²) in [4.78, 5) is 14.8. The third-order valence-electron chi connectivity index (χ3n) is 4.02. The second kappa shape index (κ2) is 7.27. The number of benzene rings is 2. The number of ether oxygens (including phenoxy) is 1. The highest BCUT2D eigenvalue weighted by Gasteiger charge is 2.32. The first-order valence-corrected chi connectivity index (χ1v) is 8.39. The van der Waals surface area contributed by atoms with Gasteiger partial charge in [0.2, 0.25) is 0 Å². The normalized spacial score (nSPS) is 14.7. The Bertz CT molecular complexity index is 841. The van der Waals surface area contributed by atoms with Gasteiger partial charge >= 0.3 is 0 Å². The summed E-state index contributed by atoms with van der Waals surface area (Å²) in [5.41, 5.74) is 3.66. The van der Waals surface area contributed by atoms with E-state index in [1.165, 1.54) is 0 Å². The van der Waals surface area contributed by atoms with Gasteiger partial charge in [-0.15, -0.1) is 6.42 Å². The van der Waals surface area contributed by atoms with Crippen LogP contribution in [-0.4, -0.2) is 19.1 Å². The first-order valence-electron chi connectivity index (χ1n) is 8.39. The van der Waals surface area contributed by atoms with Crippen LogP contribution in [-0.2, 0) is 4.79 Å². The number of fused-ring (bicyclic) bond motifs is 1. The maximum absolute atomic E-state index is 12.9. The van der Waals surface area contributed by atoms with Crippen LogP contribution < -0.4 is 9.64 Å². The summed E-state index contributed by atoms with van der Waals surface area (Å²) in [7, 11) is 0. The van der Waals surface area contributed by atoms with Crippen LogP contribution in [0.25, 0.3) is 11.6 Å². The summed E-state index contributed by atoms with van der Waals surface area (Å²) in [6.07, 6.45) is 7.13. The minimum atomic E-state index is 0.0579. The van der Waals surface area contributed by atoms with E-state index in [1.807, 2.05) is 59.5 Å².